The van der Waals surface area contributed by atoms with E-state index < -0.39 is 17.1 Å². The minimum atomic E-state index is -0.647. The second kappa shape index (κ2) is 12.3. The van der Waals surface area contributed by atoms with Crippen molar-refractivity contribution in [3.8, 4) is 23.0 Å². The molecule has 1 heterocycles. The third-order valence-electron chi connectivity index (χ3n) is 5.34. The lowest BCUT2D eigenvalue weighted by Gasteiger charge is -2.14. The van der Waals surface area contributed by atoms with Crippen LogP contribution in [0.25, 0.3) is 6.08 Å². The van der Waals surface area contributed by atoms with Gasteiger partial charge in [-0.15, -0.1) is 0 Å². The Kier molecular flexibility index (Phi) is 8.83. The second-order valence-electron chi connectivity index (χ2n) is 7.76. The number of halogens is 2. The van der Waals surface area contributed by atoms with E-state index in [0.29, 0.717) is 22.1 Å². The number of hydrogen-bond acceptors (Lipinski definition) is 8. The van der Waals surface area contributed by atoms with Crippen LogP contribution in [0.1, 0.15) is 15.9 Å². The summed E-state index contributed by atoms with van der Waals surface area (Å²) in [6, 6.07) is 16.3. The Morgan fingerprint density at radius 2 is 1.63 bits per heavy atom. The topological polar surface area (TPSA) is 91.4 Å². The van der Waals surface area contributed by atoms with E-state index in [0.717, 1.165) is 16.7 Å². The third-order valence-corrected chi connectivity index (χ3v) is 6.78. The molecule has 1 fully saturated rings. The van der Waals surface area contributed by atoms with Crippen molar-refractivity contribution in [2.75, 3.05) is 27.4 Å². The molecule has 3 aromatic rings. The van der Waals surface area contributed by atoms with Crippen LogP contribution in [0.2, 0.25) is 10.0 Å². The molecule has 8 nitrogen and oxygen atoms in total. The summed E-state index contributed by atoms with van der Waals surface area (Å²) in [6.45, 7) is 0.156. The van der Waals surface area contributed by atoms with Crippen LogP contribution in [-0.2, 0) is 4.79 Å². The van der Waals surface area contributed by atoms with Gasteiger partial charge in [-0.2, -0.15) is 0 Å². The molecule has 1 aliphatic heterocycles. The molecule has 0 aromatic heterocycles. The molecule has 0 atom stereocenters. The molecule has 0 unspecified atom stereocenters. The molecular formula is C27H21Cl2NO7S. The van der Waals surface area contributed by atoms with Crippen molar-refractivity contribution in [2.24, 2.45) is 0 Å². The summed E-state index contributed by atoms with van der Waals surface area (Å²) in [5, 5.41) is 0.147. The monoisotopic (exact) mass is 573 g/mol. The van der Waals surface area contributed by atoms with E-state index in [2.05, 4.69) is 0 Å². The average Bonchev–Trinajstić information content (AvgIpc) is 3.17. The number of nitrogens with zero attached hydrogens (tertiary/aromatic N) is 1. The van der Waals surface area contributed by atoms with Gasteiger partial charge in [0.2, 0.25) is 0 Å². The highest BCUT2D eigenvalue weighted by atomic mass is 35.5. The highest BCUT2D eigenvalue weighted by Crippen LogP contribution is 2.39. The van der Waals surface area contributed by atoms with Crippen molar-refractivity contribution < 1.29 is 33.3 Å². The third kappa shape index (κ3) is 6.24. The van der Waals surface area contributed by atoms with Crippen LogP contribution >= 0.6 is 35.0 Å². The molecule has 1 saturated heterocycles. The number of benzene rings is 3. The van der Waals surface area contributed by atoms with Gasteiger partial charge in [-0.25, -0.2) is 4.79 Å². The number of methoxy groups -OCH3 is 2. The van der Waals surface area contributed by atoms with E-state index in [1.54, 1.807) is 36.4 Å². The van der Waals surface area contributed by atoms with Crippen molar-refractivity contribution in [3.05, 3.63) is 86.7 Å². The summed E-state index contributed by atoms with van der Waals surface area (Å²) in [5.74, 6) is 0.150. The van der Waals surface area contributed by atoms with E-state index in [4.69, 9.17) is 42.1 Å². The number of imide groups is 1. The highest BCUT2D eigenvalue weighted by molar-refractivity contribution is 8.18. The lowest BCUT2D eigenvalue weighted by Crippen LogP contribution is -2.32. The molecule has 0 N–H and O–H groups in total. The number of para-hydroxylation sites is 2. The van der Waals surface area contributed by atoms with Gasteiger partial charge in [0, 0.05) is 5.02 Å². The molecule has 0 saturated carbocycles. The van der Waals surface area contributed by atoms with Gasteiger partial charge in [0.25, 0.3) is 11.1 Å². The molecule has 1 aliphatic rings. The Morgan fingerprint density at radius 1 is 0.947 bits per heavy atom. The quantitative estimate of drug-likeness (QED) is 0.166. The molecule has 11 heteroatoms. The molecule has 4 rings (SSSR count). The minimum absolute atomic E-state index is 0.0212. The molecule has 38 heavy (non-hydrogen) atoms. The maximum atomic E-state index is 12.9. The Bertz CT molecular complexity index is 1410. The van der Waals surface area contributed by atoms with Gasteiger partial charge >= 0.3 is 5.97 Å². The summed E-state index contributed by atoms with van der Waals surface area (Å²) in [4.78, 5) is 39.3. The van der Waals surface area contributed by atoms with Crippen molar-refractivity contribution in [1.82, 2.24) is 4.90 Å². The first-order valence-corrected chi connectivity index (χ1v) is 12.7. The number of amides is 2. The predicted molar refractivity (Wildman–Crippen MR) is 146 cm³/mol. The fraction of sp³-hybridized carbons (Fsp3) is 0.148. The largest absolute Gasteiger partial charge is 0.493 e. The first-order valence-electron chi connectivity index (χ1n) is 11.2. The SMILES string of the molecule is COc1ccccc1OCCN1C(=O)S/C(=C\c2cc(Cl)c(OC(=O)c3ccc(Cl)cc3)c(OC)c2)C1=O. The second-order valence-corrected chi connectivity index (χ2v) is 9.60. The number of rotatable bonds is 9. The molecule has 0 bridgehead atoms. The van der Waals surface area contributed by atoms with Crippen LogP contribution in [-0.4, -0.2) is 49.4 Å². The lowest BCUT2D eigenvalue weighted by atomic mass is 10.1. The zero-order valence-electron chi connectivity index (χ0n) is 20.2. The Labute approximate surface area is 233 Å². The van der Waals surface area contributed by atoms with Crippen LogP contribution in [0, 0.1) is 0 Å². The summed E-state index contributed by atoms with van der Waals surface area (Å²) in [5.41, 5.74) is 0.758. The van der Waals surface area contributed by atoms with Crippen LogP contribution < -0.4 is 18.9 Å². The van der Waals surface area contributed by atoms with E-state index in [1.807, 2.05) is 6.07 Å². The van der Waals surface area contributed by atoms with Gasteiger partial charge in [0.05, 0.1) is 36.3 Å². The zero-order chi connectivity index (χ0) is 27.2. The van der Waals surface area contributed by atoms with Crippen molar-refractivity contribution in [3.63, 3.8) is 0 Å². The van der Waals surface area contributed by atoms with E-state index in [-0.39, 0.29) is 40.1 Å². The van der Waals surface area contributed by atoms with Gasteiger partial charge in [-0.1, -0.05) is 35.3 Å². The molecule has 0 spiro atoms. The van der Waals surface area contributed by atoms with Crippen molar-refractivity contribution >= 4 is 58.2 Å². The first-order chi connectivity index (χ1) is 18.3. The van der Waals surface area contributed by atoms with Crippen LogP contribution in [0.15, 0.2) is 65.6 Å². The molecule has 0 aliphatic carbocycles. The highest BCUT2D eigenvalue weighted by Gasteiger charge is 2.35. The van der Waals surface area contributed by atoms with Gasteiger partial charge in [0.15, 0.2) is 23.0 Å². The Hall–Kier alpha value is -3.66. The number of carbonyl (C=O) groups excluding carboxylic acids is 3. The van der Waals surface area contributed by atoms with Gasteiger partial charge in [-0.05, 0) is 71.9 Å². The number of carbonyl (C=O) groups is 3. The predicted octanol–water partition coefficient (Wildman–Crippen LogP) is 6.35. The Morgan fingerprint density at radius 3 is 2.32 bits per heavy atom. The summed E-state index contributed by atoms with van der Waals surface area (Å²) in [6.07, 6.45) is 1.52. The van der Waals surface area contributed by atoms with Crippen LogP contribution in [0.5, 0.6) is 23.0 Å². The average molecular weight is 574 g/mol. The maximum absolute atomic E-state index is 12.9. The van der Waals surface area contributed by atoms with Crippen LogP contribution in [0.4, 0.5) is 4.79 Å². The molecule has 3 aromatic carbocycles. The number of esters is 1. The van der Waals surface area contributed by atoms with E-state index >= 15 is 0 Å². The van der Waals surface area contributed by atoms with E-state index in [9.17, 15) is 14.4 Å². The molecule has 196 valence electrons. The fourth-order valence-corrected chi connectivity index (χ4v) is 4.74. The zero-order valence-corrected chi connectivity index (χ0v) is 22.6. The van der Waals surface area contributed by atoms with Gasteiger partial charge in [0.1, 0.15) is 6.61 Å². The van der Waals surface area contributed by atoms with Crippen molar-refractivity contribution in [2.45, 2.75) is 0 Å². The number of hydrogen-bond donors (Lipinski definition) is 0. The van der Waals surface area contributed by atoms with E-state index in [1.165, 1.54) is 38.5 Å². The maximum Gasteiger partial charge on any atom is 0.343 e. The van der Waals surface area contributed by atoms with Crippen LogP contribution in [0.3, 0.4) is 0 Å². The molecule has 0 radical (unpaired) electrons. The fourth-order valence-electron chi connectivity index (χ4n) is 3.49. The lowest BCUT2D eigenvalue weighted by molar-refractivity contribution is -0.123. The number of thioether (sulfide) groups is 1. The molecule has 2 amide bonds. The summed E-state index contributed by atoms with van der Waals surface area (Å²) < 4.78 is 21.7. The first kappa shape index (κ1) is 27.4. The number of ether oxygens (including phenoxy) is 4. The van der Waals surface area contributed by atoms with Crippen molar-refractivity contribution in [1.29, 1.82) is 0 Å². The smallest absolute Gasteiger partial charge is 0.343 e. The van der Waals surface area contributed by atoms with Gasteiger partial charge < -0.3 is 18.9 Å². The normalized spacial score (nSPS) is 14.1. The summed E-state index contributed by atoms with van der Waals surface area (Å²) >= 11 is 13.1. The minimum Gasteiger partial charge on any atom is -0.493 e. The summed E-state index contributed by atoms with van der Waals surface area (Å²) in [7, 11) is 2.92. The van der Waals surface area contributed by atoms with Gasteiger partial charge in [-0.3, -0.25) is 14.5 Å². The Balaban J connectivity index is 1.46. The molecular weight excluding hydrogens is 553 g/mol. The standard InChI is InChI=1S/C27H21Cl2NO7S/c1-34-20-5-3-4-6-21(20)36-12-11-30-25(31)23(38-27(30)33)15-16-13-19(29)24(22(14-16)35-2)37-26(32)17-7-9-18(28)10-8-17/h3-10,13-15H,11-12H2,1-2H3/b23-15-.